The predicted molar refractivity (Wildman–Crippen MR) is 167 cm³/mol. The van der Waals surface area contributed by atoms with Crippen molar-refractivity contribution >= 4 is 23.6 Å². The van der Waals surface area contributed by atoms with E-state index in [9.17, 15) is 40.0 Å². The Hall–Kier alpha value is -5.20. The maximum absolute atomic E-state index is 12.3. The minimum atomic E-state index is -1.67. The van der Waals surface area contributed by atoms with Gasteiger partial charge in [0.25, 0.3) is 11.1 Å². The number of aromatic nitrogens is 3. The first-order chi connectivity index (χ1) is 21.6. The summed E-state index contributed by atoms with van der Waals surface area (Å²) < 4.78 is 3.20. The second kappa shape index (κ2) is 14.9. The average Bonchev–Trinajstić information content (AvgIpc) is 3.21. The van der Waals surface area contributed by atoms with Crippen LogP contribution in [0.1, 0.15) is 87.5 Å². The van der Waals surface area contributed by atoms with Gasteiger partial charge in [0, 0.05) is 119 Å². The molecule has 0 saturated carbocycles. The fourth-order valence-corrected chi connectivity index (χ4v) is 4.41. The van der Waals surface area contributed by atoms with Crippen LogP contribution in [0.25, 0.3) is 0 Å². The number of carboxylic acids is 2. The van der Waals surface area contributed by atoms with E-state index in [0.717, 1.165) is 31.1 Å². The number of hydroxylamine groups is 2. The van der Waals surface area contributed by atoms with Crippen molar-refractivity contribution in [3.05, 3.63) is 104 Å². The number of nitroso groups, excluding NO2 is 2. The van der Waals surface area contributed by atoms with Gasteiger partial charge >= 0.3 is 11.7 Å². The van der Waals surface area contributed by atoms with Gasteiger partial charge in [-0.3, -0.25) is 9.97 Å². The molecule has 0 atom stereocenters. The largest absolute Gasteiger partial charge is 0.618 e. The van der Waals surface area contributed by atoms with Crippen molar-refractivity contribution in [2.45, 2.75) is 77.5 Å². The first-order valence-corrected chi connectivity index (χ1v) is 14.2. The molecule has 0 saturated heterocycles. The van der Waals surface area contributed by atoms with Crippen molar-refractivity contribution in [3.8, 4) is 5.75 Å². The van der Waals surface area contributed by atoms with Gasteiger partial charge in [0.1, 0.15) is 26.4 Å². The van der Waals surface area contributed by atoms with Gasteiger partial charge in [-0.15, -0.1) is 9.48 Å². The van der Waals surface area contributed by atoms with Crippen LogP contribution in [-0.2, 0) is 22.3 Å². The summed E-state index contributed by atoms with van der Waals surface area (Å²) in [6, 6.07) is 8.24. The third kappa shape index (κ3) is 7.60. The Morgan fingerprint density at radius 1 is 0.633 bits per heavy atom. The van der Waals surface area contributed by atoms with E-state index in [-0.39, 0.29) is 33.9 Å². The van der Waals surface area contributed by atoms with E-state index in [1.54, 1.807) is 104 Å². The third-order valence-corrected chi connectivity index (χ3v) is 8.90. The van der Waals surface area contributed by atoms with Crippen LogP contribution in [0.5, 0.6) is 5.75 Å². The molecule has 17 nitrogen and oxygen atoms in total. The van der Waals surface area contributed by atoms with Crippen LogP contribution in [-0.4, -0.2) is 84.8 Å². The van der Waals surface area contributed by atoms with Crippen molar-refractivity contribution < 1.29 is 66.2 Å². The van der Waals surface area contributed by atoms with Gasteiger partial charge in [0.15, 0.2) is 0 Å². The van der Waals surface area contributed by atoms with E-state index >= 15 is 0 Å². The van der Waals surface area contributed by atoms with E-state index in [1.165, 1.54) is 0 Å². The van der Waals surface area contributed by atoms with Crippen LogP contribution in [0.15, 0.2) is 61.2 Å². The van der Waals surface area contributed by atoms with Crippen LogP contribution in [0.3, 0.4) is 0 Å². The number of rotatable bonds is 4. The molecule has 0 fully saturated rings. The molecule has 49 heavy (non-hydrogen) atoms. The normalized spacial score (nSPS) is 17.8. The molecule has 2 aliphatic rings. The van der Waals surface area contributed by atoms with E-state index in [2.05, 4.69) is 15.0 Å². The number of nitrogens with zero attached hydrogens (tertiary/aromatic N) is 7. The summed E-state index contributed by atoms with van der Waals surface area (Å²) in [4.78, 5) is 55.9. The molecule has 0 aromatic carbocycles. The van der Waals surface area contributed by atoms with E-state index in [4.69, 9.17) is 5.11 Å². The summed E-state index contributed by atoms with van der Waals surface area (Å²) in [5.41, 5.74) is -3.19. The summed E-state index contributed by atoms with van der Waals surface area (Å²) in [5, 5.41) is 53.9. The number of hydrogen-bond donors (Lipinski definition) is 1. The molecule has 0 unspecified atom stereocenters. The quantitative estimate of drug-likeness (QED) is 0.211. The SMILES string of the molecule is CC1(C)[N+](=O)C(c2ccncc2)=[N+]([O-])C1(C)C.CC1(C)[N+](=O)C(c2ccncc2)=[N+]([O-])C1(C)C.O=C([O-])c1cc(O)cc(C(=O)[O-])n1.[Co].[OH3+]. The molecule has 4 N–H and O–H groups in total. The second-order valence-electron chi connectivity index (χ2n) is 12.7. The molecule has 1 radical (unpaired) electrons. The summed E-state index contributed by atoms with van der Waals surface area (Å²) in [5.74, 6) is -3.55. The molecule has 0 aliphatic carbocycles. The van der Waals surface area contributed by atoms with Crippen LogP contribution < -0.4 is 10.2 Å². The first-order valence-electron chi connectivity index (χ1n) is 14.2. The monoisotopic (exact) mass is 727 g/mol. The van der Waals surface area contributed by atoms with Crippen LogP contribution in [0, 0.1) is 20.2 Å². The molecule has 18 heteroatoms. The summed E-state index contributed by atoms with van der Waals surface area (Å²) >= 11 is 0. The van der Waals surface area contributed by atoms with E-state index in [0.29, 0.717) is 11.1 Å². The molecule has 5 heterocycles. The Labute approximate surface area is 291 Å². The number of hydrogen-bond acceptors (Lipinski definition) is 12. The fourth-order valence-electron chi connectivity index (χ4n) is 4.41. The number of carbonyl (C=O) groups excluding carboxylic acids is 2. The number of aromatic hydroxyl groups is 1. The fraction of sp³-hybridized carbons (Fsp3) is 0.387. The standard InChI is InChI=1S/2C12H16N3O2.C7H5NO5.Co.H2O/c2*1-11(2)12(3,4)15(17)10(14(11)16)9-5-7-13-8-6-9;9-3-1-4(6(10)11)8-5(2-3)7(12)13;;/h2*5-8H,1-4H3;1-2H,(H,8,9)(H,10,11)(H,12,13);;1H2/q2*+1;;;/p-1. The number of aromatic carboxylic acids is 2. The number of carboxylic acid groups (broad SMARTS) is 2. The topological polar surface area (TPSA) is 264 Å². The molecule has 3 aromatic heterocycles. The van der Waals surface area contributed by atoms with E-state index in [1.807, 2.05) is 0 Å². The van der Waals surface area contributed by atoms with Crippen molar-refractivity contribution in [2.75, 3.05) is 0 Å². The minimum Gasteiger partial charge on any atom is -0.618 e. The molecule has 265 valence electrons. The van der Waals surface area contributed by atoms with Gasteiger partial charge in [0.2, 0.25) is 11.1 Å². The van der Waals surface area contributed by atoms with Crippen LogP contribution in [0.2, 0.25) is 0 Å². The number of amidine groups is 2. The van der Waals surface area contributed by atoms with Gasteiger partial charge in [-0.1, -0.05) is 0 Å². The smallest absolute Gasteiger partial charge is 0.504 e. The van der Waals surface area contributed by atoms with Crippen molar-refractivity contribution in [2.24, 2.45) is 0 Å². The van der Waals surface area contributed by atoms with Gasteiger partial charge in [-0.05, 0) is 24.3 Å². The zero-order chi connectivity index (χ0) is 35.7. The second-order valence-corrected chi connectivity index (χ2v) is 12.7. The Balaban J connectivity index is 0.000000364. The van der Waals surface area contributed by atoms with E-state index < -0.39 is 51.2 Å². The van der Waals surface area contributed by atoms with Gasteiger partial charge in [-0.2, -0.15) is 0 Å². The summed E-state index contributed by atoms with van der Waals surface area (Å²) in [6.45, 7) is 14.2. The molecule has 0 bridgehead atoms. The van der Waals surface area contributed by atoms with Crippen molar-refractivity contribution in [1.29, 1.82) is 0 Å². The Kier molecular flexibility index (Phi) is 12.7. The first kappa shape index (κ1) is 41.8. The molecule has 0 spiro atoms. The molecular weight excluding hydrogens is 689 g/mol. The summed E-state index contributed by atoms with van der Waals surface area (Å²) in [7, 11) is 0. The number of pyridine rings is 3. The van der Waals surface area contributed by atoms with Gasteiger partial charge < -0.3 is 40.8 Å². The average molecular weight is 728 g/mol. The Morgan fingerprint density at radius 2 is 0.918 bits per heavy atom. The molecule has 2 aliphatic heterocycles. The van der Waals surface area contributed by atoms with Gasteiger partial charge in [0.05, 0.1) is 23.3 Å². The van der Waals surface area contributed by atoms with Crippen LogP contribution >= 0.6 is 0 Å². The maximum Gasteiger partial charge on any atom is 0.504 e. The van der Waals surface area contributed by atoms with Crippen molar-refractivity contribution in [1.82, 2.24) is 15.0 Å². The summed E-state index contributed by atoms with van der Waals surface area (Å²) in [6.07, 6.45) is 6.29. The number of carbonyl (C=O) groups is 2. The zero-order valence-electron chi connectivity index (χ0n) is 28.0. The maximum atomic E-state index is 12.3. The van der Waals surface area contributed by atoms with Gasteiger partial charge in [-0.25, -0.2) is 4.98 Å². The van der Waals surface area contributed by atoms with Crippen molar-refractivity contribution in [3.63, 3.8) is 0 Å². The zero-order valence-corrected chi connectivity index (χ0v) is 29.1. The van der Waals surface area contributed by atoms with Crippen LogP contribution in [0.4, 0.5) is 0 Å². The molecular formula is C31H38CoN7O10+. The molecule has 5 rings (SSSR count). The molecule has 3 aromatic rings. The Bertz CT molecular complexity index is 1680. The minimum absolute atomic E-state index is 0. The predicted octanol–water partition coefficient (Wildman–Crippen LogP) is -0.0338. The third-order valence-electron chi connectivity index (χ3n) is 8.90. The molecule has 0 amide bonds. The Morgan fingerprint density at radius 3 is 1.14 bits per heavy atom.